The second-order valence-electron chi connectivity index (χ2n) is 7.74. The van der Waals surface area contributed by atoms with Crippen molar-refractivity contribution >= 4 is 29.4 Å². The highest BCUT2D eigenvalue weighted by Crippen LogP contribution is 2.32. The number of nitrogens with one attached hydrogen (secondary N) is 1. The van der Waals surface area contributed by atoms with Crippen molar-refractivity contribution in [1.29, 1.82) is 0 Å². The molecule has 0 bridgehead atoms. The molecule has 0 saturated carbocycles. The summed E-state index contributed by atoms with van der Waals surface area (Å²) in [4.78, 5) is 41.5. The Hall–Kier alpha value is -3.06. The van der Waals surface area contributed by atoms with Gasteiger partial charge >= 0.3 is 6.03 Å². The maximum atomic E-state index is 13.1. The monoisotopic (exact) mass is 441 g/mol. The molecule has 4 rings (SSSR count). The number of nitrogens with zero attached hydrogens (tertiary/aromatic N) is 2. The lowest BCUT2D eigenvalue weighted by molar-refractivity contribution is -0.133. The molecule has 7 nitrogen and oxygen atoms in total. The van der Waals surface area contributed by atoms with E-state index < -0.39 is 11.6 Å². The van der Waals surface area contributed by atoms with Gasteiger partial charge in [0, 0.05) is 23.7 Å². The van der Waals surface area contributed by atoms with E-state index in [1.54, 1.807) is 47.4 Å². The van der Waals surface area contributed by atoms with E-state index in [1.807, 2.05) is 13.0 Å². The number of imide groups is 1. The predicted molar refractivity (Wildman–Crippen MR) is 116 cm³/mol. The number of hydrogen-bond acceptors (Lipinski definition) is 4. The Morgan fingerprint density at radius 3 is 2.42 bits per heavy atom. The highest BCUT2D eigenvalue weighted by molar-refractivity contribution is 6.31. The summed E-state index contributed by atoms with van der Waals surface area (Å²) in [6, 6.07) is 13.8. The van der Waals surface area contributed by atoms with Crippen molar-refractivity contribution < 1.29 is 19.1 Å². The second kappa shape index (κ2) is 8.59. The predicted octanol–water partition coefficient (Wildman–Crippen LogP) is 3.47. The average Bonchev–Trinajstić information content (AvgIpc) is 3.00. The maximum absolute atomic E-state index is 13.1. The molecule has 31 heavy (non-hydrogen) atoms. The van der Waals surface area contributed by atoms with Crippen molar-refractivity contribution in [3.8, 4) is 5.75 Å². The lowest BCUT2D eigenvalue weighted by Crippen LogP contribution is -2.55. The van der Waals surface area contributed by atoms with Gasteiger partial charge in [-0.25, -0.2) is 4.79 Å². The summed E-state index contributed by atoms with van der Waals surface area (Å²) in [5.74, 6) is 0.364. The van der Waals surface area contributed by atoms with Crippen LogP contribution in [-0.2, 0) is 11.3 Å². The van der Waals surface area contributed by atoms with Crippen LogP contribution in [0, 0.1) is 0 Å². The Kier molecular flexibility index (Phi) is 5.87. The summed E-state index contributed by atoms with van der Waals surface area (Å²) in [5, 5.41) is 3.38. The molecule has 2 fully saturated rings. The van der Waals surface area contributed by atoms with Crippen LogP contribution >= 0.6 is 11.6 Å². The van der Waals surface area contributed by atoms with Crippen LogP contribution in [0.25, 0.3) is 0 Å². The second-order valence-corrected chi connectivity index (χ2v) is 8.15. The number of piperidine rings is 1. The van der Waals surface area contributed by atoms with Crippen LogP contribution in [-0.4, -0.2) is 52.9 Å². The quantitative estimate of drug-likeness (QED) is 0.720. The first-order valence-electron chi connectivity index (χ1n) is 10.3. The van der Waals surface area contributed by atoms with E-state index in [-0.39, 0.29) is 18.4 Å². The largest absolute Gasteiger partial charge is 0.494 e. The summed E-state index contributed by atoms with van der Waals surface area (Å²) in [6.07, 6.45) is 0.749. The molecule has 1 N–H and O–H groups in total. The van der Waals surface area contributed by atoms with E-state index in [9.17, 15) is 14.4 Å². The van der Waals surface area contributed by atoms with Crippen molar-refractivity contribution in [1.82, 2.24) is 15.1 Å². The van der Waals surface area contributed by atoms with Crippen LogP contribution in [0.4, 0.5) is 4.79 Å². The Labute approximate surface area is 185 Å². The van der Waals surface area contributed by atoms with Crippen molar-refractivity contribution in [2.24, 2.45) is 0 Å². The molecule has 2 aromatic rings. The summed E-state index contributed by atoms with van der Waals surface area (Å²) in [5.41, 5.74) is 0.322. The highest BCUT2D eigenvalue weighted by Gasteiger charge is 2.52. The minimum absolute atomic E-state index is 0.0948. The molecule has 162 valence electrons. The fraction of sp³-hybridized carbons (Fsp3) is 0.348. The zero-order chi connectivity index (χ0) is 22.0. The molecule has 1 spiro atoms. The van der Waals surface area contributed by atoms with Crippen molar-refractivity contribution in [2.75, 3.05) is 19.7 Å². The lowest BCUT2D eigenvalue weighted by Gasteiger charge is -2.37. The number of halogens is 1. The molecule has 2 heterocycles. The number of rotatable bonds is 5. The van der Waals surface area contributed by atoms with Crippen molar-refractivity contribution in [3.63, 3.8) is 0 Å². The topological polar surface area (TPSA) is 79.0 Å². The first-order valence-corrected chi connectivity index (χ1v) is 10.7. The van der Waals surface area contributed by atoms with E-state index in [1.165, 1.54) is 4.90 Å². The number of benzene rings is 2. The summed E-state index contributed by atoms with van der Waals surface area (Å²) < 4.78 is 5.42. The standard InChI is InChI=1S/C23H24ClN3O4/c1-2-31-18-9-7-16(8-10-18)20(28)26-13-11-23(12-14-26)21(29)27(22(30)25-23)15-17-5-3-4-6-19(17)24/h3-10H,2,11-15H2,1H3,(H,25,30). The van der Waals surface area contributed by atoms with E-state index >= 15 is 0 Å². The third-order valence-electron chi connectivity index (χ3n) is 5.85. The molecular formula is C23H24ClN3O4. The van der Waals surface area contributed by atoms with E-state index in [0.29, 0.717) is 48.7 Å². The van der Waals surface area contributed by atoms with Gasteiger partial charge in [0.2, 0.25) is 0 Å². The van der Waals surface area contributed by atoms with Crippen LogP contribution in [0.3, 0.4) is 0 Å². The van der Waals surface area contributed by atoms with Crippen molar-refractivity contribution in [2.45, 2.75) is 31.8 Å². The maximum Gasteiger partial charge on any atom is 0.325 e. The molecule has 0 aliphatic carbocycles. The van der Waals surface area contributed by atoms with E-state index in [4.69, 9.17) is 16.3 Å². The molecule has 0 aromatic heterocycles. The van der Waals surface area contributed by atoms with Gasteiger partial charge in [-0.05, 0) is 55.7 Å². The number of likely N-dealkylation sites (tertiary alicyclic amines) is 1. The van der Waals surface area contributed by atoms with Gasteiger partial charge in [-0.3, -0.25) is 14.5 Å². The molecule has 2 saturated heterocycles. The summed E-state index contributed by atoms with van der Waals surface area (Å²) in [7, 11) is 0. The van der Waals surface area contributed by atoms with Gasteiger partial charge in [-0.1, -0.05) is 29.8 Å². The van der Waals surface area contributed by atoms with Crippen LogP contribution in [0.5, 0.6) is 5.75 Å². The van der Waals surface area contributed by atoms with Gasteiger partial charge in [-0.2, -0.15) is 0 Å². The van der Waals surface area contributed by atoms with Gasteiger partial charge in [0.05, 0.1) is 13.2 Å². The Morgan fingerprint density at radius 2 is 1.77 bits per heavy atom. The highest BCUT2D eigenvalue weighted by atomic mass is 35.5. The molecule has 2 aromatic carbocycles. The number of ether oxygens (including phenoxy) is 1. The van der Waals surface area contributed by atoms with E-state index in [2.05, 4.69) is 5.32 Å². The van der Waals surface area contributed by atoms with Crippen LogP contribution < -0.4 is 10.1 Å². The van der Waals surface area contributed by atoms with Crippen LogP contribution in [0.15, 0.2) is 48.5 Å². The van der Waals surface area contributed by atoms with Gasteiger partial charge in [0.15, 0.2) is 0 Å². The molecule has 8 heteroatoms. The molecule has 2 aliphatic heterocycles. The number of hydrogen-bond donors (Lipinski definition) is 1. The van der Waals surface area contributed by atoms with Gasteiger partial charge in [0.1, 0.15) is 11.3 Å². The molecule has 2 aliphatic rings. The Balaban J connectivity index is 1.41. The van der Waals surface area contributed by atoms with Crippen LogP contribution in [0.1, 0.15) is 35.7 Å². The average molecular weight is 442 g/mol. The first kappa shape index (κ1) is 21.2. The minimum Gasteiger partial charge on any atom is -0.494 e. The summed E-state index contributed by atoms with van der Waals surface area (Å²) in [6.45, 7) is 3.37. The normalized spacial score (nSPS) is 17.7. The fourth-order valence-corrected chi connectivity index (χ4v) is 4.29. The third kappa shape index (κ3) is 4.10. The molecular weight excluding hydrogens is 418 g/mol. The molecule has 0 radical (unpaired) electrons. The van der Waals surface area contributed by atoms with Gasteiger partial charge in [-0.15, -0.1) is 0 Å². The fourth-order valence-electron chi connectivity index (χ4n) is 4.09. The Bertz CT molecular complexity index is 1000. The number of amides is 4. The minimum atomic E-state index is -0.964. The van der Waals surface area contributed by atoms with Gasteiger partial charge < -0.3 is 15.0 Å². The lowest BCUT2D eigenvalue weighted by atomic mass is 9.87. The van der Waals surface area contributed by atoms with Crippen molar-refractivity contribution in [3.05, 3.63) is 64.7 Å². The smallest absolute Gasteiger partial charge is 0.325 e. The molecule has 4 amide bonds. The zero-order valence-corrected chi connectivity index (χ0v) is 18.0. The molecule has 0 unspecified atom stereocenters. The van der Waals surface area contributed by atoms with Crippen LogP contribution in [0.2, 0.25) is 5.02 Å². The Morgan fingerprint density at radius 1 is 1.10 bits per heavy atom. The third-order valence-corrected chi connectivity index (χ3v) is 6.22. The zero-order valence-electron chi connectivity index (χ0n) is 17.3. The van der Waals surface area contributed by atoms with E-state index in [0.717, 1.165) is 5.75 Å². The number of carbonyl (C=O) groups excluding carboxylic acids is 3. The molecule has 0 atom stereocenters. The number of carbonyl (C=O) groups is 3. The van der Waals surface area contributed by atoms with Gasteiger partial charge in [0.25, 0.3) is 11.8 Å². The summed E-state index contributed by atoms with van der Waals surface area (Å²) >= 11 is 6.19. The SMILES string of the molecule is CCOc1ccc(C(=O)N2CCC3(CC2)NC(=O)N(Cc2ccccc2Cl)C3=O)cc1. The first-order chi connectivity index (χ1) is 14.9. The number of urea groups is 1.